The number of rotatable bonds is 6. The van der Waals surface area contributed by atoms with Crippen LogP contribution in [0.2, 0.25) is 0 Å². The first-order chi connectivity index (χ1) is 17.4. The molecule has 0 radical (unpaired) electrons. The highest BCUT2D eigenvalue weighted by molar-refractivity contribution is 6.04. The Morgan fingerprint density at radius 1 is 1.11 bits per heavy atom. The van der Waals surface area contributed by atoms with E-state index in [2.05, 4.69) is 32.2 Å². The second-order valence-electron chi connectivity index (χ2n) is 8.59. The Kier molecular flexibility index (Phi) is 6.80. The van der Waals surface area contributed by atoms with Crippen molar-refractivity contribution in [2.45, 2.75) is 26.9 Å². The number of aryl methyl sites for hydroxylation is 2. The van der Waals surface area contributed by atoms with Crippen molar-refractivity contribution in [3.05, 3.63) is 93.7 Å². The van der Waals surface area contributed by atoms with E-state index in [1.807, 2.05) is 6.92 Å². The van der Waals surface area contributed by atoms with E-state index in [4.69, 9.17) is 0 Å². The maximum Gasteiger partial charge on any atom is 0.416 e. The minimum atomic E-state index is -4.57. The van der Waals surface area contributed by atoms with Gasteiger partial charge in [-0.1, -0.05) is 24.3 Å². The van der Waals surface area contributed by atoms with Gasteiger partial charge in [-0.15, -0.1) is 0 Å². The minimum Gasteiger partial charge on any atom is -0.350 e. The fraction of sp³-hybridized carbons (Fsp3) is 0.192. The molecule has 2 aromatic carbocycles. The Morgan fingerprint density at radius 3 is 2.57 bits per heavy atom. The summed E-state index contributed by atoms with van der Waals surface area (Å²) in [4.78, 5) is 38.4. The number of halogens is 3. The third kappa shape index (κ3) is 5.50. The highest BCUT2D eigenvalue weighted by Gasteiger charge is 2.31. The Balaban J connectivity index is 1.69. The van der Waals surface area contributed by atoms with Gasteiger partial charge in [0.2, 0.25) is 5.95 Å². The van der Waals surface area contributed by atoms with Crippen molar-refractivity contribution in [2.24, 2.45) is 0 Å². The van der Waals surface area contributed by atoms with Crippen LogP contribution >= 0.6 is 0 Å². The number of amides is 1. The molecule has 0 aliphatic rings. The number of carbonyl (C=O) groups is 1. The Labute approximate surface area is 209 Å². The number of anilines is 2. The van der Waals surface area contributed by atoms with Crippen LogP contribution in [0.15, 0.2) is 65.6 Å². The number of fused-ring (bicyclic) bond motifs is 1. The number of benzene rings is 2. The van der Waals surface area contributed by atoms with Gasteiger partial charge in [-0.2, -0.15) is 23.1 Å². The molecule has 190 valence electrons. The maximum atomic E-state index is 13.0. The molecule has 2 heterocycles. The molecule has 0 spiro atoms. The van der Waals surface area contributed by atoms with Crippen molar-refractivity contribution in [3.63, 3.8) is 0 Å². The summed E-state index contributed by atoms with van der Waals surface area (Å²) in [5.41, 5.74) is 1.45. The first-order valence-electron chi connectivity index (χ1n) is 11.2. The molecule has 0 fully saturated rings. The number of nitrogens with zero attached hydrogens (tertiary/aromatic N) is 4. The fourth-order valence-electron chi connectivity index (χ4n) is 3.68. The summed E-state index contributed by atoms with van der Waals surface area (Å²) in [6.07, 6.45) is -3.00. The zero-order valence-corrected chi connectivity index (χ0v) is 20.3. The number of aromatic nitrogens is 4. The molecular formula is C26H23F3N6O2. The van der Waals surface area contributed by atoms with Gasteiger partial charge in [0.15, 0.2) is 5.65 Å². The van der Waals surface area contributed by atoms with Crippen LogP contribution in [0.1, 0.15) is 34.1 Å². The van der Waals surface area contributed by atoms with Gasteiger partial charge in [0.05, 0.1) is 16.6 Å². The molecule has 0 bridgehead atoms. The third-order valence-corrected chi connectivity index (χ3v) is 5.59. The van der Waals surface area contributed by atoms with Gasteiger partial charge >= 0.3 is 11.9 Å². The lowest BCUT2D eigenvalue weighted by Crippen LogP contribution is -2.25. The third-order valence-electron chi connectivity index (χ3n) is 5.59. The standard InChI is InChI=1S/C26H23F3N6O2/c1-14(2)12-30-24-31-13-20-16(4)35(25(37)34-22(20)33-24)21-11-19(9-8-15(21)3)32-23(36)17-6-5-7-18(10-17)26(27,28)29/h5-11,13H,1,12H2,2-4H3,(H,32,36)(H,30,33,34,37). The monoisotopic (exact) mass is 508 g/mol. The van der Waals surface area contributed by atoms with E-state index in [0.29, 0.717) is 40.5 Å². The fourth-order valence-corrected chi connectivity index (χ4v) is 3.68. The lowest BCUT2D eigenvalue weighted by atomic mass is 10.1. The van der Waals surface area contributed by atoms with Gasteiger partial charge < -0.3 is 10.6 Å². The van der Waals surface area contributed by atoms with E-state index in [9.17, 15) is 22.8 Å². The zero-order valence-electron chi connectivity index (χ0n) is 20.3. The first kappa shape index (κ1) is 25.5. The number of nitrogens with one attached hydrogen (secondary N) is 2. The van der Waals surface area contributed by atoms with Gasteiger partial charge in [-0.25, -0.2) is 9.78 Å². The van der Waals surface area contributed by atoms with Crippen LogP contribution in [0.4, 0.5) is 24.8 Å². The molecular weight excluding hydrogens is 485 g/mol. The SMILES string of the molecule is C=C(C)CNc1ncc2c(C)n(-c3cc(NC(=O)c4cccc(C(F)(F)F)c4)ccc3C)c(=O)nc2n1. The van der Waals surface area contributed by atoms with Crippen LogP contribution in [-0.4, -0.2) is 32.0 Å². The van der Waals surface area contributed by atoms with Crippen LogP contribution in [0, 0.1) is 13.8 Å². The predicted octanol–water partition coefficient (Wildman–Crippen LogP) is 5.05. The minimum absolute atomic E-state index is 0.147. The highest BCUT2D eigenvalue weighted by atomic mass is 19.4. The average molecular weight is 509 g/mol. The number of hydrogen-bond acceptors (Lipinski definition) is 6. The molecule has 0 saturated carbocycles. The summed E-state index contributed by atoms with van der Waals surface area (Å²) in [6.45, 7) is 9.65. The van der Waals surface area contributed by atoms with E-state index in [1.54, 1.807) is 38.2 Å². The molecule has 4 aromatic rings. The maximum absolute atomic E-state index is 13.0. The molecule has 0 aliphatic heterocycles. The molecule has 0 atom stereocenters. The quantitative estimate of drug-likeness (QED) is 0.354. The molecule has 0 aliphatic carbocycles. The Morgan fingerprint density at radius 2 is 1.86 bits per heavy atom. The van der Waals surface area contributed by atoms with E-state index >= 15 is 0 Å². The number of hydrogen-bond donors (Lipinski definition) is 2. The summed E-state index contributed by atoms with van der Waals surface area (Å²) >= 11 is 0. The number of carbonyl (C=O) groups excluding carboxylic acids is 1. The molecule has 0 unspecified atom stereocenters. The van der Waals surface area contributed by atoms with Crippen molar-refractivity contribution in [1.29, 1.82) is 0 Å². The lowest BCUT2D eigenvalue weighted by Gasteiger charge is -2.16. The molecule has 0 saturated heterocycles. The second kappa shape index (κ2) is 9.84. The van der Waals surface area contributed by atoms with Gasteiger partial charge in [-0.3, -0.25) is 9.36 Å². The van der Waals surface area contributed by atoms with Crippen LogP contribution in [0.25, 0.3) is 16.7 Å². The van der Waals surface area contributed by atoms with Crippen LogP contribution in [-0.2, 0) is 6.18 Å². The zero-order chi connectivity index (χ0) is 26.9. The Bertz CT molecular complexity index is 1590. The molecule has 1 amide bonds. The predicted molar refractivity (Wildman–Crippen MR) is 135 cm³/mol. The molecule has 4 rings (SSSR count). The smallest absolute Gasteiger partial charge is 0.350 e. The Hall–Kier alpha value is -4.54. The largest absolute Gasteiger partial charge is 0.416 e. The molecule has 37 heavy (non-hydrogen) atoms. The molecule has 8 nitrogen and oxygen atoms in total. The van der Waals surface area contributed by atoms with Crippen LogP contribution in [0.5, 0.6) is 0 Å². The number of alkyl halides is 3. The molecule has 2 N–H and O–H groups in total. The van der Waals surface area contributed by atoms with Crippen molar-refractivity contribution in [1.82, 2.24) is 19.5 Å². The first-order valence-corrected chi connectivity index (χ1v) is 11.2. The van der Waals surface area contributed by atoms with Crippen molar-refractivity contribution >= 4 is 28.6 Å². The normalized spacial score (nSPS) is 11.4. The van der Waals surface area contributed by atoms with Gasteiger partial charge in [-0.05, 0) is 56.7 Å². The topological polar surface area (TPSA) is 102 Å². The van der Waals surface area contributed by atoms with Gasteiger partial charge in [0.25, 0.3) is 5.91 Å². The van der Waals surface area contributed by atoms with Crippen molar-refractivity contribution < 1.29 is 18.0 Å². The van der Waals surface area contributed by atoms with E-state index in [0.717, 1.165) is 17.7 Å². The summed E-state index contributed by atoms with van der Waals surface area (Å²) in [5, 5.41) is 6.16. The summed E-state index contributed by atoms with van der Waals surface area (Å²) in [7, 11) is 0. The summed E-state index contributed by atoms with van der Waals surface area (Å²) < 4.78 is 40.5. The van der Waals surface area contributed by atoms with Gasteiger partial charge in [0, 0.05) is 29.7 Å². The molecule has 11 heteroatoms. The van der Waals surface area contributed by atoms with E-state index in [1.165, 1.54) is 16.7 Å². The van der Waals surface area contributed by atoms with Crippen LogP contribution < -0.4 is 16.3 Å². The van der Waals surface area contributed by atoms with E-state index in [-0.39, 0.29) is 11.2 Å². The van der Waals surface area contributed by atoms with Crippen molar-refractivity contribution in [2.75, 3.05) is 17.2 Å². The van der Waals surface area contributed by atoms with E-state index < -0.39 is 23.3 Å². The van der Waals surface area contributed by atoms with Gasteiger partial charge in [0.1, 0.15) is 0 Å². The lowest BCUT2D eigenvalue weighted by molar-refractivity contribution is -0.137. The highest BCUT2D eigenvalue weighted by Crippen LogP contribution is 2.30. The molecule has 2 aromatic heterocycles. The summed E-state index contributed by atoms with van der Waals surface area (Å²) in [5.74, 6) is -0.403. The van der Waals surface area contributed by atoms with Crippen LogP contribution in [0.3, 0.4) is 0 Å². The summed E-state index contributed by atoms with van der Waals surface area (Å²) in [6, 6.07) is 8.99. The second-order valence-corrected chi connectivity index (χ2v) is 8.59. The average Bonchev–Trinajstić information content (AvgIpc) is 2.84. The van der Waals surface area contributed by atoms with Crippen molar-refractivity contribution in [3.8, 4) is 5.69 Å².